The molecule has 2 heterocycles. The molecule has 0 aliphatic heterocycles. The molecule has 0 bridgehead atoms. The molecule has 0 unspecified atom stereocenters. The van der Waals surface area contributed by atoms with Crippen LogP contribution in [-0.2, 0) is 13.1 Å². The minimum Gasteiger partial charge on any atom is -0.497 e. The number of methoxy groups -OCH3 is 1. The Labute approximate surface area is 168 Å². The monoisotopic (exact) mass is 393 g/mol. The zero-order valence-electron chi connectivity index (χ0n) is 15.8. The van der Waals surface area contributed by atoms with E-state index in [1.165, 1.54) is 4.88 Å². The smallest absolute Gasteiger partial charge is 0.119 e. The Hall–Kier alpha value is -2.67. The highest BCUT2D eigenvalue weighted by Crippen LogP contribution is 2.28. The molecule has 2 aromatic heterocycles. The number of benzene rings is 2. The molecule has 5 nitrogen and oxygen atoms in total. The van der Waals surface area contributed by atoms with Crippen LogP contribution < -0.4 is 4.74 Å². The second kappa shape index (κ2) is 8.56. The van der Waals surface area contributed by atoms with Crippen LogP contribution >= 0.6 is 11.3 Å². The number of ether oxygens (including phenoxy) is 1. The lowest BCUT2D eigenvalue weighted by molar-refractivity contribution is 0.185. The van der Waals surface area contributed by atoms with Crippen LogP contribution in [0.3, 0.4) is 0 Å². The molecule has 0 spiro atoms. The second-order valence-corrected chi connectivity index (χ2v) is 7.74. The lowest BCUT2D eigenvalue weighted by Gasteiger charge is -2.20. The Morgan fingerprint density at radius 1 is 1.11 bits per heavy atom. The van der Waals surface area contributed by atoms with Crippen LogP contribution in [0, 0.1) is 0 Å². The number of aromatic nitrogens is 2. The van der Waals surface area contributed by atoms with Gasteiger partial charge in [0.2, 0.25) is 0 Å². The van der Waals surface area contributed by atoms with Gasteiger partial charge in [-0.2, -0.15) is 5.10 Å². The van der Waals surface area contributed by atoms with E-state index in [2.05, 4.69) is 56.9 Å². The molecule has 28 heavy (non-hydrogen) atoms. The quantitative estimate of drug-likeness (QED) is 0.469. The second-order valence-electron chi connectivity index (χ2n) is 6.71. The molecule has 0 aliphatic carbocycles. The fourth-order valence-corrected chi connectivity index (χ4v) is 4.15. The third kappa shape index (κ3) is 4.09. The Morgan fingerprint density at radius 2 is 1.96 bits per heavy atom. The first-order chi connectivity index (χ1) is 13.8. The van der Waals surface area contributed by atoms with Crippen molar-refractivity contribution in [3.8, 4) is 17.0 Å². The van der Waals surface area contributed by atoms with Gasteiger partial charge in [-0.05, 0) is 40.4 Å². The summed E-state index contributed by atoms with van der Waals surface area (Å²) in [5.74, 6) is 0.857. The predicted octanol–water partition coefficient (Wildman–Crippen LogP) is 4.29. The number of aliphatic hydroxyl groups is 1. The van der Waals surface area contributed by atoms with Crippen LogP contribution in [0.1, 0.15) is 10.4 Å². The van der Waals surface area contributed by atoms with Crippen LogP contribution in [0.15, 0.2) is 60.1 Å². The average molecular weight is 394 g/mol. The van der Waals surface area contributed by atoms with Gasteiger partial charge in [-0.3, -0.25) is 10.00 Å². The SMILES string of the molecule is COc1ccc2cc(-c3[nH]ncc3CN(CCO)Cc3cccs3)ccc2c1. The lowest BCUT2D eigenvalue weighted by Crippen LogP contribution is -2.25. The molecule has 0 atom stereocenters. The number of fused-ring (bicyclic) bond motifs is 1. The summed E-state index contributed by atoms with van der Waals surface area (Å²) in [4.78, 5) is 3.53. The number of aliphatic hydroxyl groups excluding tert-OH is 1. The van der Waals surface area contributed by atoms with E-state index < -0.39 is 0 Å². The number of hydrogen-bond donors (Lipinski definition) is 2. The molecule has 4 aromatic rings. The minimum atomic E-state index is 0.135. The molecule has 6 heteroatoms. The van der Waals surface area contributed by atoms with Gasteiger partial charge in [0, 0.05) is 35.6 Å². The third-order valence-corrected chi connectivity index (χ3v) is 5.68. The first-order valence-electron chi connectivity index (χ1n) is 9.23. The molecule has 0 saturated heterocycles. The van der Waals surface area contributed by atoms with Crippen LogP contribution in [-0.4, -0.2) is 40.5 Å². The number of nitrogens with zero attached hydrogens (tertiary/aromatic N) is 2. The molecule has 0 fully saturated rings. The van der Waals surface area contributed by atoms with Gasteiger partial charge in [-0.1, -0.05) is 24.3 Å². The van der Waals surface area contributed by atoms with E-state index in [4.69, 9.17) is 4.74 Å². The largest absolute Gasteiger partial charge is 0.497 e. The topological polar surface area (TPSA) is 61.4 Å². The maximum atomic E-state index is 9.47. The molecular weight excluding hydrogens is 370 g/mol. The Balaban J connectivity index is 1.60. The highest BCUT2D eigenvalue weighted by Gasteiger charge is 2.14. The van der Waals surface area contributed by atoms with Crippen LogP contribution in [0.2, 0.25) is 0 Å². The summed E-state index contributed by atoms with van der Waals surface area (Å²) < 4.78 is 5.31. The standard InChI is InChI=1S/C22H23N3O2S/c1-27-20-7-6-16-11-18(5-4-17(16)12-20)22-19(13-23-24-22)14-25(8-9-26)15-21-3-2-10-28-21/h2-7,10-13,26H,8-9,14-15H2,1H3,(H,23,24). The Bertz CT molecular complexity index is 1040. The summed E-state index contributed by atoms with van der Waals surface area (Å²) in [6, 6.07) is 16.7. The van der Waals surface area contributed by atoms with E-state index in [-0.39, 0.29) is 6.61 Å². The summed E-state index contributed by atoms with van der Waals surface area (Å²) in [7, 11) is 1.68. The van der Waals surface area contributed by atoms with Crippen molar-refractivity contribution < 1.29 is 9.84 Å². The first kappa shape index (κ1) is 18.7. The summed E-state index contributed by atoms with van der Waals surface area (Å²) in [6.45, 7) is 2.31. The van der Waals surface area contributed by atoms with Gasteiger partial charge in [0.05, 0.1) is 25.6 Å². The van der Waals surface area contributed by atoms with Crippen LogP contribution in [0.25, 0.3) is 22.0 Å². The molecule has 2 N–H and O–H groups in total. The van der Waals surface area contributed by atoms with Crippen molar-refractivity contribution in [1.82, 2.24) is 15.1 Å². The number of aromatic amines is 1. The summed E-state index contributed by atoms with van der Waals surface area (Å²) in [5, 5.41) is 21.3. The van der Waals surface area contributed by atoms with Crippen molar-refractivity contribution in [3.05, 3.63) is 70.5 Å². The average Bonchev–Trinajstić information content (AvgIpc) is 3.39. The molecule has 0 aliphatic rings. The van der Waals surface area contributed by atoms with Crippen LogP contribution in [0.4, 0.5) is 0 Å². The minimum absolute atomic E-state index is 0.135. The van der Waals surface area contributed by atoms with E-state index in [9.17, 15) is 5.11 Å². The Morgan fingerprint density at radius 3 is 2.75 bits per heavy atom. The lowest BCUT2D eigenvalue weighted by atomic mass is 10.0. The van der Waals surface area contributed by atoms with Gasteiger partial charge in [0.1, 0.15) is 5.75 Å². The van der Waals surface area contributed by atoms with Crippen molar-refractivity contribution in [1.29, 1.82) is 0 Å². The van der Waals surface area contributed by atoms with E-state index in [1.807, 2.05) is 18.3 Å². The number of thiophene rings is 1. The van der Waals surface area contributed by atoms with Crippen molar-refractivity contribution in [2.45, 2.75) is 13.1 Å². The van der Waals surface area contributed by atoms with Crippen molar-refractivity contribution in [2.75, 3.05) is 20.3 Å². The maximum absolute atomic E-state index is 9.47. The van der Waals surface area contributed by atoms with Gasteiger partial charge in [0.25, 0.3) is 0 Å². The molecule has 2 aromatic carbocycles. The molecule has 0 radical (unpaired) electrons. The van der Waals surface area contributed by atoms with Gasteiger partial charge in [-0.15, -0.1) is 11.3 Å². The zero-order valence-corrected chi connectivity index (χ0v) is 16.6. The predicted molar refractivity (Wildman–Crippen MR) is 114 cm³/mol. The highest BCUT2D eigenvalue weighted by atomic mass is 32.1. The van der Waals surface area contributed by atoms with E-state index in [1.54, 1.807) is 18.4 Å². The number of rotatable bonds is 8. The summed E-state index contributed by atoms with van der Waals surface area (Å²) in [5.41, 5.74) is 3.25. The van der Waals surface area contributed by atoms with E-state index in [0.29, 0.717) is 6.54 Å². The molecule has 0 amide bonds. The van der Waals surface area contributed by atoms with E-state index >= 15 is 0 Å². The van der Waals surface area contributed by atoms with Crippen molar-refractivity contribution in [2.24, 2.45) is 0 Å². The van der Waals surface area contributed by atoms with Crippen molar-refractivity contribution >= 4 is 22.1 Å². The first-order valence-corrected chi connectivity index (χ1v) is 10.1. The van der Waals surface area contributed by atoms with Gasteiger partial charge < -0.3 is 9.84 Å². The fraction of sp³-hybridized carbons (Fsp3) is 0.227. The molecular formula is C22H23N3O2S. The zero-order chi connectivity index (χ0) is 19.3. The van der Waals surface area contributed by atoms with Gasteiger partial charge in [0.15, 0.2) is 0 Å². The molecule has 144 valence electrons. The summed E-state index contributed by atoms with van der Waals surface area (Å²) >= 11 is 1.74. The maximum Gasteiger partial charge on any atom is 0.119 e. The highest BCUT2D eigenvalue weighted by molar-refractivity contribution is 7.09. The number of nitrogens with one attached hydrogen (secondary N) is 1. The fourth-order valence-electron chi connectivity index (χ4n) is 3.41. The molecule has 0 saturated carbocycles. The van der Waals surface area contributed by atoms with E-state index in [0.717, 1.165) is 46.4 Å². The summed E-state index contributed by atoms with van der Waals surface area (Å²) in [6.07, 6.45) is 1.88. The Kier molecular flexibility index (Phi) is 5.71. The normalized spacial score (nSPS) is 11.4. The third-order valence-electron chi connectivity index (χ3n) is 4.82. The molecule has 4 rings (SSSR count). The van der Waals surface area contributed by atoms with Gasteiger partial charge in [-0.25, -0.2) is 0 Å². The van der Waals surface area contributed by atoms with Crippen LogP contribution in [0.5, 0.6) is 5.75 Å². The van der Waals surface area contributed by atoms with Crippen molar-refractivity contribution in [3.63, 3.8) is 0 Å². The number of hydrogen-bond acceptors (Lipinski definition) is 5. The van der Waals surface area contributed by atoms with Gasteiger partial charge >= 0.3 is 0 Å². The number of H-pyrrole nitrogens is 1.